The van der Waals surface area contributed by atoms with Gasteiger partial charge in [-0.05, 0) is 30.6 Å². The van der Waals surface area contributed by atoms with Gasteiger partial charge < -0.3 is 5.11 Å². The molecule has 0 aromatic carbocycles. The molecule has 0 amide bonds. The number of rotatable bonds is 2. The summed E-state index contributed by atoms with van der Waals surface area (Å²) >= 11 is 0. The van der Waals surface area contributed by atoms with Crippen molar-refractivity contribution in [2.45, 2.75) is 39.5 Å². The van der Waals surface area contributed by atoms with Gasteiger partial charge in [0.15, 0.2) is 0 Å². The summed E-state index contributed by atoms with van der Waals surface area (Å²) in [6, 6.07) is 0. The maximum atomic E-state index is 9.11. The van der Waals surface area contributed by atoms with Crippen molar-refractivity contribution in [2.75, 3.05) is 6.61 Å². The first-order chi connectivity index (χ1) is 5.25. The molecule has 1 nitrogen and oxygen atoms in total. The van der Waals surface area contributed by atoms with Gasteiger partial charge in [-0.25, -0.2) is 0 Å². The molecule has 0 heterocycles. The number of hydrogen-bond acceptors (Lipinski definition) is 1. The van der Waals surface area contributed by atoms with Gasteiger partial charge in [-0.1, -0.05) is 26.7 Å². The fourth-order valence-corrected chi connectivity index (χ4v) is 2.34. The van der Waals surface area contributed by atoms with Gasteiger partial charge in [0.05, 0.1) is 0 Å². The third-order valence-electron chi connectivity index (χ3n) is 3.06. The Hall–Kier alpha value is -0.0400. The van der Waals surface area contributed by atoms with Gasteiger partial charge in [-0.15, -0.1) is 0 Å². The maximum Gasteiger partial charge on any atom is 0.0462 e. The Balaban J connectivity index is 2.44. The molecule has 1 aliphatic rings. The molecule has 1 aliphatic carbocycles. The van der Waals surface area contributed by atoms with E-state index in [0.717, 1.165) is 11.8 Å². The minimum Gasteiger partial charge on any atom is -0.396 e. The van der Waals surface area contributed by atoms with Crippen LogP contribution in [-0.2, 0) is 0 Å². The van der Waals surface area contributed by atoms with E-state index >= 15 is 0 Å². The molecule has 0 saturated heterocycles. The molecule has 0 aromatic rings. The Morgan fingerprint density at radius 3 is 2.36 bits per heavy atom. The predicted molar refractivity (Wildman–Crippen MR) is 47.4 cm³/mol. The van der Waals surface area contributed by atoms with Gasteiger partial charge in [-0.2, -0.15) is 0 Å². The first-order valence-electron chi connectivity index (χ1n) is 4.86. The van der Waals surface area contributed by atoms with Gasteiger partial charge in [0.2, 0.25) is 0 Å². The zero-order valence-corrected chi connectivity index (χ0v) is 7.71. The second-order valence-corrected chi connectivity index (χ2v) is 4.13. The smallest absolute Gasteiger partial charge is 0.0462 e. The minimum atomic E-state index is 0.406. The average molecular weight is 156 g/mol. The van der Waals surface area contributed by atoms with Gasteiger partial charge in [-0.3, -0.25) is 0 Å². The minimum absolute atomic E-state index is 0.406. The standard InChI is InChI=1S/C10H20O/c1-8(2)10-6-4-3-5-9(10)7-11/h8-11H,3-7H2,1-2H3/t9-,10?/m0/s1. The SMILES string of the molecule is CC(C)C1CCCC[C@H]1CO. The molecule has 2 atom stereocenters. The summed E-state index contributed by atoms with van der Waals surface area (Å²) in [5.41, 5.74) is 0. The number of aliphatic hydroxyl groups excluding tert-OH is 1. The Labute approximate surface area is 69.8 Å². The van der Waals surface area contributed by atoms with E-state index in [9.17, 15) is 0 Å². The zero-order valence-electron chi connectivity index (χ0n) is 7.71. The van der Waals surface area contributed by atoms with Crippen molar-refractivity contribution in [1.82, 2.24) is 0 Å². The molecular formula is C10H20O. The average Bonchev–Trinajstić information content (AvgIpc) is 2.04. The first kappa shape index (κ1) is 9.05. The first-order valence-corrected chi connectivity index (χ1v) is 4.86. The summed E-state index contributed by atoms with van der Waals surface area (Å²) in [4.78, 5) is 0. The van der Waals surface area contributed by atoms with E-state index in [2.05, 4.69) is 13.8 Å². The van der Waals surface area contributed by atoms with E-state index in [0.29, 0.717) is 12.5 Å². The highest BCUT2D eigenvalue weighted by Crippen LogP contribution is 2.34. The summed E-state index contributed by atoms with van der Waals surface area (Å²) in [5, 5.41) is 9.11. The third kappa shape index (κ3) is 2.19. The van der Waals surface area contributed by atoms with E-state index in [-0.39, 0.29) is 0 Å². The van der Waals surface area contributed by atoms with Crippen LogP contribution in [0.4, 0.5) is 0 Å². The van der Waals surface area contributed by atoms with Crippen molar-refractivity contribution in [2.24, 2.45) is 17.8 Å². The number of aliphatic hydroxyl groups is 1. The van der Waals surface area contributed by atoms with Gasteiger partial charge >= 0.3 is 0 Å². The highest BCUT2D eigenvalue weighted by Gasteiger charge is 2.26. The van der Waals surface area contributed by atoms with Crippen LogP contribution >= 0.6 is 0 Å². The lowest BCUT2D eigenvalue weighted by atomic mass is 9.74. The Bertz CT molecular complexity index is 109. The van der Waals surface area contributed by atoms with Crippen molar-refractivity contribution >= 4 is 0 Å². The normalized spacial score (nSPS) is 32.7. The van der Waals surface area contributed by atoms with Gasteiger partial charge in [0.25, 0.3) is 0 Å². The summed E-state index contributed by atoms with van der Waals surface area (Å²) in [7, 11) is 0. The molecule has 11 heavy (non-hydrogen) atoms. The summed E-state index contributed by atoms with van der Waals surface area (Å²) in [5.74, 6) is 2.14. The number of hydrogen-bond donors (Lipinski definition) is 1. The second kappa shape index (κ2) is 4.10. The molecule has 1 saturated carbocycles. The van der Waals surface area contributed by atoms with Crippen LogP contribution in [0.25, 0.3) is 0 Å². The molecule has 66 valence electrons. The molecule has 1 fully saturated rings. The van der Waals surface area contributed by atoms with Crippen LogP contribution in [0, 0.1) is 17.8 Å². The fourth-order valence-electron chi connectivity index (χ4n) is 2.34. The Morgan fingerprint density at radius 1 is 1.27 bits per heavy atom. The third-order valence-corrected chi connectivity index (χ3v) is 3.06. The van der Waals surface area contributed by atoms with Crippen LogP contribution in [-0.4, -0.2) is 11.7 Å². The molecule has 1 rings (SSSR count). The van der Waals surface area contributed by atoms with Gasteiger partial charge in [0.1, 0.15) is 0 Å². The Morgan fingerprint density at radius 2 is 1.91 bits per heavy atom. The highest BCUT2D eigenvalue weighted by atomic mass is 16.3. The van der Waals surface area contributed by atoms with E-state index in [4.69, 9.17) is 5.11 Å². The lowest BCUT2D eigenvalue weighted by Crippen LogP contribution is -2.26. The van der Waals surface area contributed by atoms with E-state index < -0.39 is 0 Å². The molecule has 1 N–H and O–H groups in total. The monoisotopic (exact) mass is 156 g/mol. The topological polar surface area (TPSA) is 20.2 Å². The molecule has 0 bridgehead atoms. The van der Waals surface area contributed by atoms with Crippen LogP contribution in [0.3, 0.4) is 0 Å². The molecule has 0 aliphatic heterocycles. The maximum absolute atomic E-state index is 9.11. The lowest BCUT2D eigenvalue weighted by molar-refractivity contribution is 0.106. The molecule has 0 aromatic heterocycles. The largest absolute Gasteiger partial charge is 0.396 e. The second-order valence-electron chi connectivity index (χ2n) is 4.13. The molecule has 1 heteroatoms. The van der Waals surface area contributed by atoms with Crippen LogP contribution in [0.5, 0.6) is 0 Å². The Kier molecular flexibility index (Phi) is 3.38. The van der Waals surface area contributed by atoms with Crippen LogP contribution in [0.15, 0.2) is 0 Å². The highest BCUT2D eigenvalue weighted by molar-refractivity contribution is 4.76. The van der Waals surface area contributed by atoms with Crippen molar-refractivity contribution < 1.29 is 5.11 Å². The molecule has 1 unspecified atom stereocenters. The van der Waals surface area contributed by atoms with Gasteiger partial charge in [0, 0.05) is 6.61 Å². The summed E-state index contributed by atoms with van der Waals surface area (Å²) in [6.45, 7) is 4.96. The van der Waals surface area contributed by atoms with Crippen LogP contribution in [0.2, 0.25) is 0 Å². The quantitative estimate of drug-likeness (QED) is 0.651. The lowest BCUT2D eigenvalue weighted by Gasteiger charge is -2.32. The van der Waals surface area contributed by atoms with Crippen molar-refractivity contribution in [3.63, 3.8) is 0 Å². The van der Waals surface area contributed by atoms with E-state index in [1.165, 1.54) is 25.7 Å². The predicted octanol–water partition coefficient (Wildman–Crippen LogP) is 2.44. The van der Waals surface area contributed by atoms with E-state index in [1.54, 1.807) is 0 Å². The molecular weight excluding hydrogens is 136 g/mol. The molecule has 0 radical (unpaired) electrons. The van der Waals surface area contributed by atoms with Crippen molar-refractivity contribution in [3.8, 4) is 0 Å². The van der Waals surface area contributed by atoms with Crippen molar-refractivity contribution in [1.29, 1.82) is 0 Å². The zero-order chi connectivity index (χ0) is 8.27. The van der Waals surface area contributed by atoms with Crippen LogP contribution < -0.4 is 0 Å². The summed E-state index contributed by atoms with van der Waals surface area (Å²) in [6.07, 6.45) is 5.29. The molecule has 0 spiro atoms. The van der Waals surface area contributed by atoms with Crippen molar-refractivity contribution in [3.05, 3.63) is 0 Å². The van der Waals surface area contributed by atoms with Crippen LogP contribution in [0.1, 0.15) is 39.5 Å². The fraction of sp³-hybridized carbons (Fsp3) is 1.00. The summed E-state index contributed by atoms with van der Waals surface area (Å²) < 4.78 is 0. The van der Waals surface area contributed by atoms with E-state index in [1.807, 2.05) is 0 Å².